The van der Waals surface area contributed by atoms with Crippen LogP contribution in [0.5, 0.6) is 0 Å². The first-order valence-corrected chi connectivity index (χ1v) is 4.72. The molecular weight excluding hydrogens is 230 g/mol. The molecule has 0 saturated heterocycles. The third-order valence-electron chi connectivity index (χ3n) is 2.19. The fraction of sp³-hybridized carbons (Fsp3) is 0.100. The van der Waals surface area contributed by atoms with Gasteiger partial charge < -0.3 is 4.57 Å². The first-order valence-electron chi connectivity index (χ1n) is 3.93. The minimum absolute atomic E-state index is 0.735. The molecule has 0 radical (unpaired) electrons. The molecule has 1 heterocycles. The summed E-state index contributed by atoms with van der Waals surface area (Å²) in [6.07, 6.45) is 0.884. The maximum Gasteiger partial charge on any atom is 0.150 e. The normalized spacial score (nSPS) is 10.6. The molecule has 2 rings (SSSR count). The van der Waals surface area contributed by atoms with Crippen LogP contribution >= 0.6 is 15.9 Å². The lowest BCUT2D eigenvalue weighted by Crippen LogP contribution is -1.87. The minimum atomic E-state index is 0.735. The molecule has 0 fully saturated rings. The zero-order valence-corrected chi connectivity index (χ0v) is 8.71. The first-order chi connectivity index (χ1) is 6.24. The Morgan fingerprint density at radius 2 is 2.23 bits per heavy atom. The van der Waals surface area contributed by atoms with Crippen molar-refractivity contribution >= 4 is 33.1 Å². The number of halogens is 1. The number of aryl methyl sites for hydroxylation is 1. The van der Waals surface area contributed by atoms with Crippen LogP contribution in [-0.2, 0) is 7.05 Å². The largest absolute Gasteiger partial charge is 0.338 e. The minimum Gasteiger partial charge on any atom is -0.338 e. The summed E-state index contributed by atoms with van der Waals surface area (Å²) in [4.78, 5) is 10.7. The molecule has 0 aliphatic heterocycles. The summed E-state index contributed by atoms with van der Waals surface area (Å²) in [7, 11) is 1.96. The van der Waals surface area contributed by atoms with Gasteiger partial charge in [-0.25, -0.2) is 0 Å². The number of hydrogen-bond acceptors (Lipinski definition) is 1. The van der Waals surface area contributed by atoms with E-state index in [2.05, 4.69) is 15.9 Å². The van der Waals surface area contributed by atoms with Crippen LogP contribution < -0.4 is 0 Å². The van der Waals surface area contributed by atoms with Crippen molar-refractivity contribution in [2.75, 3.05) is 0 Å². The Hall–Kier alpha value is -1.09. The number of carbonyl (C=O) groups excluding carboxylic acids is 1. The third kappa shape index (κ3) is 1.20. The molecule has 2 nitrogen and oxygen atoms in total. The van der Waals surface area contributed by atoms with Gasteiger partial charge in [-0.2, -0.15) is 0 Å². The summed E-state index contributed by atoms with van der Waals surface area (Å²) in [6.45, 7) is 0. The smallest absolute Gasteiger partial charge is 0.150 e. The lowest BCUT2D eigenvalue weighted by atomic mass is 10.1. The van der Waals surface area contributed by atoms with E-state index >= 15 is 0 Å². The first kappa shape index (κ1) is 8.51. The number of fused-ring (bicyclic) bond motifs is 1. The van der Waals surface area contributed by atoms with Crippen molar-refractivity contribution in [3.8, 4) is 0 Å². The van der Waals surface area contributed by atoms with E-state index in [1.807, 2.05) is 35.9 Å². The van der Waals surface area contributed by atoms with E-state index in [1.165, 1.54) is 0 Å². The summed E-state index contributed by atoms with van der Waals surface area (Å²) in [5.74, 6) is 0. The van der Waals surface area contributed by atoms with Crippen LogP contribution in [0.1, 0.15) is 10.4 Å². The Bertz CT molecular complexity index is 473. The van der Waals surface area contributed by atoms with Crippen molar-refractivity contribution in [2.24, 2.45) is 7.05 Å². The van der Waals surface area contributed by atoms with E-state index in [9.17, 15) is 4.79 Å². The molecule has 0 aliphatic rings. The number of benzene rings is 1. The molecule has 0 N–H and O–H groups in total. The molecule has 1 aromatic carbocycles. The van der Waals surface area contributed by atoms with Crippen LogP contribution in [-0.4, -0.2) is 10.9 Å². The molecule has 0 aliphatic carbocycles. The predicted molar refractivity (Wildman–Crippen MR) is 56.0 cm³/mol. The number of nitrogens with zero attached hydrogens (tertiary/aromatic N) is 1. The lowest BCUT2D eigenvalue weighted by molar-refractivity contribution is 0.112. The van der Waals surface area contributed by atoms with Gasteiger partial charge >= 0.3 is 0 Å². The number of aldehydes is 1. The predicted octanol–water partition coefficient (Wildman–Crippen LogP) is 2.75. The summed E-state index contributed by atoms with van der Waals surface area (Å²) >= 11 is 3.42. The zero-order chi connectivity index (χ0) is 9.42. The van der Waals surface area contributed by atoms with Gasteiger partial charge in [-0.1, -0.05) is 12.1 Å². The third-order valence-corrected chi connectivity index (χ3v) is 2.95. The van der Waals surface area contributed by atoms with Gasteiger partial charge in [0.15, 0.2) is 6.29 Å². The molecule has 2 aromatic rings. The summed E-state index contributed by atoms with van der Waals surface area (Å²) in [5, 5.41) is 0.992. The van der Waals surface area contributed by atoms with Crippen molar-refractivity contribution < 1.29 is 4.79 Å². The number of aromatic nitrogens is 1. The Balaban J connectivity index is 2.92. The average Bonchev–Trinajstić information content (AvgIpc) is 2.43. The van der Waals surface area contributed by atoms with Crippen LogP contribution in [0.4, 0.5) is 0 Å². The van der Waals surface area contributed by atoms with Crippen LogP contribution in [0, 0.1) is 0 Å². The molecule has 0 amide bonds. The average molecular weight is 238 g/mol. The monoisotopic (exact) mass is 237 g/mol. The lowest BCUT2D eigenvalue weighted by Gasteiger charge is -1.97. The van der Waals surface area contributed by atoms with E-state index in [4.69, 9.17) is 0 Å². The second-order valence-electron chi connectivity index (χ2n) is 2.92. The van der Waals surface area contributed by atoms with Gasteiger partial charge in [-0.05, 0) is 28.1 Å². The standard InChI is InChI=1S/C10H8BrNO/c1-12-9-4-2-3-7(6-13)8(9)5-10(12)11/h2-6H,1H3. The summed E-state index contributed by atoms with van der Waals surface area (Å²) in [6, 6.07) is 7.66. The fourth-order valence-electron chi connectivity index (χ4n) is 1.45. The molecule has 0 saturated carbocycles. The molecular formula is C10H8BrNO. The van der Waals surface area contributed by atoms with Gasteiger partial charge in [0.25, 0.3) is 0 Å². The second kappa shape index (κ2) is 3.00. The Kier molecular flexibility index (Phi) is 1.96. The maximum absolute atomic E-state index is 10.7. The van der Waals surface area contributed by atoms with Crippen LogP contribution in [0.2, 0.25) is 0 Å². The van der Waals surface area contributed by atoms with E-state index < -0.39 is 0 Å². The van der Waals surface area contributed by atoms with Crippen LogP contribution in [0.15, 0.2) is 28.9 Å². The molecule has 0 atom stereocenters. The van der Waals surface area contributed by atoms with Gasteiger partial charge in [0.2, 0.25) is 0 Å². The van der Waals surface area contributed by atoms with Crippen molar-refractivity contribution in [2.45, 2.75) is 0 Å². The molecule has 0 bridgehead atoms. The summed E-state index contributed by atoms with van der Waals surface area (Å²) < 4.78 is 2.99. The highest BCUT2D eigenvalue weighted by Crippen LogP contribution is 2.24. The molecule has 0 spiro atoms. The van der Waals surface area contributed by atoms with E-state index in [0.29, 0.717) is 0 Å². The quantitative estimate of drug-likeness (QED) is 0.700. The van der Waals surface area contributed by atoms with Crippen LogP contribution in [0.3, 0.4) is 0 Å². The zero-order valence-electron chi connectivity index (χ0n) is 7.12. The van der Waals surface area contributed by atoms with Crippen LogP contribution in [0.25, 0.3) is 10.9 Å². The Morgan fingerprint density at radius 3 is 2.92 bits per heavy atom. The van der Waals surface area contributed by atoms with E-state index in [1.54, 1.807) is 0 Å². The number of rotatable bonds is 1. The topological polar surface area (TPSA) is 22.0 Å². The summed E-state index contributed by atoms with van der Waals surface area (Å²) in [5.41, 5.74) is 1.80. The van der Waals surface area contributed by atoms with E-state index in [0.717, 1.165) is 27.4 Å². The van der Waals surface area contributed by atoms with Crippen molar-refractivity contribution in [3.63, 3.8) is 0 Å². The van der Waals surface area contributed by atoms with Gasteiger partial charge in [0, 0.05) is 23.5 Å². The highest BCUT2D eigenvalue weighted by molar-refractivity contribution is 9.10. The highest BCUT2D eigenvalue weighted by atomic mass is 79.9. The molecule has 13 heavy (non-hydrogen) atoms. The van der Waals surface area contributed by atoms with E-state index in [-0.39, 0.29) is 0 Å². The van der Waals surface area contributed by atoms with Crippen molar-refractivity contribution in [1.29, 1.82) is 0 Å². The fourth-order valence-corrected chi connectivity index (χ4v) is 1.87. The second-order valence-corrected chi connectivity index (χ2v) is 3.74. The molecule has 66 valence electrons. The SMILES string of the molecule is Cn1c(Br)cc2c(C=O)cccc21. The van der Waals surface area contributed by atoms with Crippen molar-refractivity contribution in [3.05, 3.63) is 34.4 Å². The highest BCUT2D eigenvalue weighted by Gasteiger charge is 2.05. The van der Waals surface area contributed by atoms with Gasteiger partial charge in [-0.15, -0.1) is 0 Å². The Morgan fingerprint density at radius 1 is 1.46 bits per heavy atom. The number of hydrogen-bond donors (Lipinski definition) is 0. The maximum atomic E-state index is 10.7. The number of carbonyl (C=O) groups is 1. The van der Waals surface area contributed by atoms with Gasteiger partial charge in [-0.3, -0.25) is 4.79 Å². The Labute approximate surface area is 84.3 Å². The molecule has 1 aromatic heterocycles. The molecule has 0 unspecified atom stereocenters. The molecule has 3 heteroatoms. The van der Waals surface area contributed by atoms with Gasteiger partial charge in [0.05, 0.1) is 4.60 Å². The van der Waals surface area contributed by atoms with Crippen molar-refractivity contribution in [1.82, 2.24) is 4.57 Å². The van der Waals surface area contributed by atoms with Gasteiger partial charge in [0.1, 0.15) is 0 Å².